The maximum Gasteiger partial charge on any atom is 0.0210 e. The second-order valence-electron chi connectivity index (χ2n) is 4.08. The summed E-state index contributed by atoms with van der Waals surface area (Å²) in [6, 6.07) is 0. The van der Waals surface area contributed by atoms with E-state index in [1.54, 1.807) is 0 Å². The predicted molar refractivity (Wildman–Crippen MR) is 60.8 cm³/mol. The Bertz CT molecular complexity index is 204. The quantitative estimate of drug-likeness (QED) is 0.654. The van der Waals surface area contributed by atoms with Crippen molar-refractivity contribution in [3.8, 4) is 0 Å². The van der Waals surface area contributed by atoms with Crippen molar-refractivity contribution in [2.24, 2.45) is 0 Å². The molecule has 0 unspecified atom stereocenters. The summed E-state index contributed by atoms with van der Waals surface area (Å²) in [5.41, 5.74) is 1.43. The average molecular weight is 179 g/mol. The number of hydrogen-bond acceptors (Lipinski definition) is 1. The van der Waals surface area contributed by atoms with Crippen molar-refractivity contribution < 1.29 is 0 Å². The third kappa shape index (κ3) is 7.54. The van der Waals surface area contributed by atoms with E-state index >= 15 is 0 Å². The molecule has 0 heterocycles. The highest BCUT2D eigenvalue weighted by molar-refractivity contribution is 5.24. The minimum absolute atomic E-state index is 0.168. The largest absolute Gasteiger partial charge is 0.308 e. The van der Waals surface area contributed by atoms with Crippen LogP contribution in [0.3, 0.4) is 0 Å². The van der Waals surface area contributed by atoms with Crippen molar-refractivity contribution in [1.29, 1.82) is 0 Å². The van der Waals surface area contributed by atoms with Gasteiger partial charge in [0, 0.05) is 12.1 Å². The fraction of sp³-hybridized carbons (Fsp3) is 0.500. The van der Waals surface area contributed by atoms with Crippen molar-refractivity contribution in [2.45, 2.75) is 33.2 Å². The molecule has 0 spiro atoms. The third-order valence-corrected chi connectivity index (χ3v) is 1.54. The maximum absolute atomic E-state index is 3.69. The Morgan fingerprint density at radius 3 is 2.38 bits per heavy atom. The van der Waals surface area contributed by atoms with Crippen molar-refractivity contribution >= 4 is 0 Å². The van der Waals surface area contributed by atoms with E-state index in [9.17, 15) is 0 Å². The lowest BCUT2D eigenvalue weighted by molar-refractivity contribution is 0.446. The molecule has 0 saturated carbocycles. The standard InChI is InChI=1S/C12H21N/c1-6-8-11(9-7-2)10-13-12(3,4)5/h6-9,13H,1,10H2,2-5H3/b9-7-,11-8+. The van der Waals surface area contributed by atoms with Gasteiger partial charge in [0.25, 0.3) is 0 Å². The van der Waals surface area contributed by atoms with E-state index in [1.165, 1.54) is 5.57 Å². The molecular weight excluding hydrogens is 158 g/mol. The summed E-state index contributed by atoms with van der Waals surface area (Å²) >= 11 is 0. The molecule has 0 aromatic rings. The fourth-order valence-electron chi connectivity index (χ4n) is 0.906. The maximum atomic E-state index is 3.69. The Labute approximate surface area is 82.2 Å². The van der Waals surface area contributed by atoms with Gasteiger partial charge in [-0.15, -0.1) is 0 Å². The molecule has 0 rings (SSSR count). The van der Waals surface area contributed by atoms with Crippen LogP contribution in [0.2, 0.25) is 0 Å². The minimum Gasteiger partial charge on any atom is -0.308 e. The zero-order chi connectivity index (χ0) is 10.3. The molecular formula is C12H21N. The summed E-state index contributed by atoms with van der Waals surface area (Å²) in [5.74, 6) is 0. The third-order valence-electron chi connectivity index (χ3n) is 1.54. The Morgan fingerprint density at radius 1 is 1.38 bits per heavy atom. The summed E-state index contributed by atoms with van der Waals surface area (Å²) in [5, 5.41) is 3.42. The van der Waals surface area contributed by atoms with Gasteiger partial charge in [-0.2, -0.15) is 0 Å². The summed E-state index contributed by atoms with van der Waals surface area (Å²) in [7, 11) is 0. The van der Waals surface area contributed by atoms with Crippen LogP contribution in [0.4, 0.5) is 0 Å². The molecule has 0 fully saturated rings. The van der Waals surface area contributed by atoms with Crippen molar-refractivity contribution in [2.75, 3.05) is 6.54 Å². The fourth-order valence-corrected chi connectivity index (χ4v) is 0.906. The van der Waals surface area contributed by atoms with Gasteiger partial charge in [0.2, 0.25) is 0 Å². The highest BCUT2D eigenvalue weighted by Gasteiger charge is 2.07. The van der Waals surface area contributed by atoms with Crippen LogP contribution in [0.15, 0.2) is 36.5 Å². The first-order valence-corrected chi connectivity index (χ1v) is 4.69. The Balaban J connectivity index is 4.13. The highest BCUT2D eigenvalue weighted by Crippen LogP contribution is 2.02. The van der Waals surface area contributed by atoms with Gasteiger partial charge in [-0.05, 0) is 33.3 Å². The lowest BCUT2D eigenvalue weighted by Crippen LogP contribution is -2.36. The van der Waals surface area contributed by atoms with Crippen LogP contribution >= 0.6 is 0 Å². The van der Waals surface area contributed by atoms with Crippen LogP contribution in [0, 0.1) is 0 Å². The molecule has 0 aliphatic heterocycles. The van der Waals surface area contributed by atoms with Gasteiger partial charge in [-0.3, -0.25) is 0 Å². The zero-order valence-corrected chi connectivity index (χ0v) is 9.22. The molecule has 0 atom stereocenters. The van der Waals surface area contributed by atoms with Gasteiger partial charge in [-0.1, -0.05) is 30.9 Å². The predicted octanol–water partition coefficient (Wildman–Crippen LogP) is 3.06. The first-order valence-electron chi connectivity index (χ1n) is 4.69. The van der Waals surface area contributed by atoms with Crippen LogP contribution < -0.4 is 5.32 Å². The number of rotatable bonds is 4. The summed E-state index contributed by atoms with van der Waals surface area (Å²) in [6.07, 6.45) is 7.98. The van der Waals surface area contributed by atoms with Gasteiger partial charge in [-0.25, -0.2) is 0 Å². The van der Waals surface area contributed by atoms with Crippen LogP contribution in [-0.4, -0.2) is 12.1 Å². The van der Waals surface area contributed by atoms with Crippen molar-refractivity contribution in [3.63, 3.8) is 0 Å². The second-order valence-corrected chi connectivity index (χ2v) is 4.08. The molecule has 0 amide bonds. The monoisotopic (exact) mass is 179 g/mol. The second kappa shape index (κ2) is 5.76. The van der Waals surface area contributed by atoms with Crippen molar-refractivity contribution in [1.82, 2.24) is 5.32 Å². The number of allylic oxidation sites excluding steroid dienone is 3. The molecule has 0 radical (unpaired) electrons. The molecule has 0 bridgehead atoms. The molecule has 1 nitrogen and oxygen atoms in total. The topological polar surface area (TPSA) is 12.0 Å². The molecule has 0 aliphatic rings. The van der Waals surface area contributed by atoms with E-state index in [2.05, 4.69) is 38.7 Å². The van der Waals surface area contributed by atoms with Crippen LogP contribution in [0.25, 0.3) is 0 Å². The Morgan fingerprint density at radius 2 is 2.00 bits per heavy atom. The molecule has 1 N–H and O–H groups in total. The average Bonchev–Trinajstić information content (AvgIpc) is 2.00. The van der Waals surface area contributed by atoms with Gasteiger partial charge in [0.05, 0.1) is 0 Å². The summed E-state index contributed by atoms with van der Waals surface area (Å²) in [6.45, 7) is 13.1. The molecule has 0 aliphatic carbocycles. The molecule has 0 aromatic heterocycles. The molecule has 0 aromatic carbocycles. The van der Waals surface area contributed by atoms with E-state index in [0.717, 1.165) is 6.54 Å². The Hall–Kier alpha value is -0.820. The van der Waals surface area contributed by atoms with E-state index in [0.29, 0.717) is 0 Å². The molecule has 13 heavy (non-hydrogen) atoms. The van der Waals surface area contributed by atoms with Gasteiger partial charge < -0.3 is 5.32 Å². The molecule has 1 heteroatoms. The molecule has 0 saturated heterocycles. The van der Waals surface area contributed by atoms with E-state index in [-0.39, 0.29) is 5.54 Å². The van der Waals surface area contributed by atoms with Crippen LogP contribution in [0.5, 0.6) is 0 Å². The zero-order valence-electron chi connectivity index (χ0n) is 9.22. The van der Waals surface area contributed by atoms with E-state index < -0.39 is 0 Å². The molecule has 74 valence electrons. The van der Waals surface area contributed by atoms with Gasteiger partial charge >= 0.3 is 0 Å². The van der Waals surface area contributed by atoms with Crippen molar-refractivity contribution in [3.05, 3.63) is 36.5 Å². The summed E-state index contributed by atoms with van der Waals surface area (Å²) < 4.78 is 0. The van der Waals surface area contributed by atoms with Gasteiger partial charge in [0.15, 0.2) is 0 Å². The van der Waals surface area contributed by atoms with Gasteiger partial charge in [0.1, 0.15) is 0 Å². The lowest BCUT2D eigenvalue weighted by atomic mass is 10.1. The smallest absolute Gasteiger partial charge is 0.0210 e. The SMILES string of the molecule is C=C/C=C(\C=C/C)CNC(C)(C)C. The van der Waals surface area contributed by atoms with Crippen LogP contribution in [0.1, 0.15) is 27.7 Å². The summed E-state index contributed by atoms with van der Waals surface area (Å²) in [4.78, 5) is 0. The first kappa shape index (κ1) is 12.2. The van der Waals surface area contributed by atoms with E-state index in [1.807, 2.05) is 25.2 Å². The normalized spacial score (nSPS) is 13.7. The number of hydrogen-bond donors (Lipinski definition) is 1. The van der Waals surface area contributed by atoms with Crippen LogP contribution in [-0.2, 0) is 0 Å². The Kier molecular flexibility index (Phi) is 5.40. The number of nitrogens with one attached hydrogen (secondary N) is 1. The first-order chi connectivity index (χ1) is 5.99. The minimum atomic E-state index is 0.168. The van der Waals surface area contributed by atoms with E-state index in [4.69, 9.17) is 0 Å². The highest BCUT2D eigenvalue weighted by atomic mass is 14.9. The lowest BCUT2D eigenvalue weighted by Gasteiger charge is -2.20.